The Kier molecular flexibility index (Phi) is 8.04. The SMILES string of the molecule is COc1ccccc1CNC(=O)COc1ccc(S(=O)(=O)NCC(C)C)cc1C. The number of hydrogen-bond donors (Lipinski definition) is 2. The number of hydrogen-bond acceptors (Lipinski definition) is 5. The summed E-state index contributed by atoms with van der Waals surface area (Å²) < 4.78 is 38.0. The van der Waals surface area contributed by atoms with E-state index < -0.39 is 10.0 Å². The van der Waals surface area contributed by atoms with Gasteiger partial charge in [-0.05, 0) is 42.7 Å². The van der Waals surface area contributed by atoms with E-state index in [1.165, 1.54) is 12.1 Å². The molecule has 7 nitrogen and oxygen atoms in total. The Labute approximate surface area is 172 Å². The fourth-order valence-electron chi connectivity index (χ4n) is 2.55. The molecule has 0 aliphatic rings. The van der Waals surface area contributed by atoms with Crippen molar-refractivity contribution in [1.82, 2.24) is 10.0 Å². The van der Waals surface area contributed by atoms with Crippen molar-refractivity contribution in [3.8, 4) is 11.5 Å². The molecule has 0 aromatic heterocycles. The standard InChI is InChI=1S/C21H28N2O5S/c1-15(2)12-23-29(25,26)18-9-10-19(16(3)11-18)28-14-21(24)22-13-17-7-5-6-8-20(17)27-4/h5-11,15,23H,12-14H2,1-4H3,(H,22,24). The van der Waals surface area contributed by atoms with Crippen molar-refractivity contribution in [2.75, 3.05) is 20.3 Å². The Hall–Kier alpha value is -2.58. The van der Waals surface area contributed by atoms with Crippen LogP contribution in [0, 0.1) is 12.8 Å². The predicted molar refractivity (Wildman–Crippen MR) is 112 cm³/mol. The molecule has 0 bridgehead atoms. The van der Waals surface area contributed by atoms with Crippen molar-refractivity contribution in [2.45, 2.75) is 32.2 Å². The van der Waals surface area contributed by atoms with Crippen LogP contribution in [0.5, 0.6) is 11.5 Å². The van der Waals surface area contributed by atoms with Crippen LogP contribution in [0.1, 0.15) is 25.0 Å². The molecule has 1 amide bonds. The van der Waals surface area contributed by atoms with Crippen LogP contribution in [-0.4, -0.2) is 34.6 Å². The van der Waals surface area contributed by atoms with E-state index in [0.717, 1.165) is 5.56 Å². The molecular weight excluding hydrogens is 392 g/mol. The molecule has 2 rings (SSSR count). The second-order valence-corrected chi connectivity index (χ2v) is 8.82. The highest BCUT2D eigenvalue weighted by Gasteiger charge is 2.16. The summed E-state index contributed by atoms with van der Waals surface area (Å²) in [6, 6.07) is 12.0. The third-order valence-corrected chi connectivity index (χ3v) is 5.59. The first kappa shape index (κ1) is 22.7. The van der Waals surface area contributed by atoms with E-state index >= 15 is 0 Å². The maximum absolute atomic E-state index is 12.3. The van der Waals surface area contributed by atoms with E-state index in [2.05, 4.69) is 10.0 Å². The number of rotatable bonds is 10. The molecule has 0 saturated heterocycles. The third kappa shape index (κ3) is 6.76. The summed E-state index contributed by atoms with van der Waals surface area (Å²) in [4.78, 5) is 12.3. The zero-order chi connectivity index (χ0) is 21.4. The highest BCUT2D eigenvalue weighted by atomic mass is 32.2. The Bertz CT molecular complexity index is 942. The van der Waals surface area contributed by atoms with Gasteiger partial charge in [0.15, 0.2) is 6.61 Å². The quantitative estimate of drug-likeness (QED) is 0.616. The Balaban J connectivity index is 1.92. The summed E-state index contributed by atoms with van der Waals surface area (Å²) in [5, 5.41) is 2.78. The number of nitrogens with one attached hydrogen (secondary N) is 2. The lowest BCUT2D eigenvalue weighted by molar-refractivity contribution is -0.123. The van der Waals surface area contributed by atoms with Gasteiger partial charge in [-0.15, -0.1) is 0 Å². The molecule has 158 valence electrons. The van der Waals surface area contributed by atoms with Gasteiger partial charge >= 0.3 is 0 Å². The van der Waals surface area contributed by atoms with Crippen LogP contribution >= 0.6 is 0 Å². The Morgan fingerprint density at radius 1 is 1.10 bits per heavy atom. The van der Waals surface area contributed by atoms with Crippen LogP contribution in [0.25, 0.3) is 0 Å². The second-order valence-electron chi connectivity index (χ2n) is 7.05. The molecule has 0 saturated carbocycles. The van der Waals surface area contributed by atoms with Gasteiger partial charge in [0.1, 0.15) is 11.5 Å². The molecule has 8 heteroatoms. The number of methoxy groups -OCH3 is 1. The highest BCUT2D eigenvalue weighted by molar-refractivity contribution is 7.89. The minimum atomic E-state index is -3.57. The molecule has 0 spiro atoms. The Morgan fingerprint density at radius 2 is 1.83 bits per heavy atom. The number of benzene rings is 2. The number of ether oxygens (including phenoxy) is 2. The van der Waals surface area contributed by atoms with Crippen LogP contribution < -0.4 is 19.5 Å². The van der Waals surface area contributed by atoms with Gasteiger partial charge in [0.2, 0.25) is 10.0 Å². The van der Waals surface area contributed by atoms with E-state index in [1.807, 2.05) is 38.1 Å². The highest BCUT2D eigenvalue weighted by Crippen LogP contribution is 2.22. The van der Waals surface area contributed by atoms with Gasteiger partial charge in [0, 0.05) is 18.7 Å². The zero-order valence-corrected chi connectivity index (χ0v) is 18.0. The summed E-state index contributed by atoms with van der Waals surface area (Å²) >= 11 is 0. The van der Waals surface area contributed by atoms with Crippen molar-refractivity contribution in [3.05, 3.63) is 53.6 Å². The first-order valence-electron chi connectivity index (χ1n) is 9.34. The molecule has 2 N–H and O–H groups in total. The van der Waals surface area contributed by atoms with Crippen LogP contribution in [0.3, 0.4) is 0 Å². The van der Waals surface area contributed by atoms with Gasteiger partial charge in [0.05, 0.1) is 12.0 Å². The lowest BCUT2D eigenvalue weighted by Crippen LogP contribution is -2.29. The van der Waals surface area contributed by atoms with Crippen LogP contribution in [0.2, 0.25) is 0 Å². The van der Waals surface area contributed by atoms with E-state index in [4.69, 9.17) is 9.47 Å². The van der Waals surface area contributed by atoms with Gasteiger partial charge in [0.25, 0.3) is 5.91 Å². The molecule has 0 aliphatic heterocycles. The number of amides is 1. The third-order valence-electron chi connectivity index (χ3n) is 4.17. The predicted octanol–water partition coefficient (Wildman–Crippen LogP) is 2.63. The average Bonchev–Trinajstić information content (AvgIpc) is 2.70. The summed E-state index contributed by atoms with van der Waals surface area (Å²) in [7, 11) is -1.99. The van der Waals surface area contributed by atoms with Crippen molar-refractivity contribution in [2.24, 2.45) is 5.92 Å². The number of para-hydroxylation sites is 1. The van der Waals surface area contributed by atoms with E-state index in [0.29, 0.717) is 30.2 Å². The maximum atomic E-state index is 12.3. The normalized spacial score (nSPS) is 11.3. The molecule has 0 atom stereocenters. The van der Waals surface area contributed by atoms with Crippen LogP contribution in [-0.2, 0) is 21.4 Å². The summed E-state index contributed by atoms with van der Waals surface area (Å²) in [5.41, 5.74) is 1.50. The average molecular weight is 421 g/mol. The lowest BCUT2D eigenvalue weighted by atomic mass is 10.2. The first-order chi connectivity index (χ1) is 13.7. The summed E-state index contributed by atoms with van der Waals surface area (Å²) in [6.45, 7) is 6.13. The molecule has 0 fully saturated rings. The first-order valence-corrected chi connectivity index (χ1v) is 10.8. The number of sulfonamides is 1. The maximum Gasteiger partial charge on any atom is 0.258 e. The van der Waals surface area contributed by atoms with Crippen LogP contribution in [0.4, 0.5) is 0 Å². The van der Waals surface area contributed by atoms with E-state index in [1.54, 1.807) is 20.1 Å². The second kappa shape index (κ2) is 10.3. The fourth-order valence-corrected chi connectivity index (χ4v) is 3.85. The topological polar surface area (TPSA) is 93.7 Å². The van der Waals surface area contributed by atoms with Gasteiger partial charge < -0.3 is 14.8 Å². The molecule has 2 aromatic rings. The van der Waals surface area contributed by atoms with Crippen molar-refractivity contribution in [1.29, 1.82) is 0 Å². The Morgan fingerprint density at radius 3 is 2.48 bits per heavy atom. The van der Waals surface area contributed by atoms with Crippen molar-refractivity contribution in [3.63, 3.8) is 0 Å². The minimum Gasteiger partial charge on any atom is -0.496 e. The van der Waals surface area contributed by atoms with Gasteiger partial charge in [-0.25, -0.2) is 13.1 Å². The van der Waals surface area contributed by atoms with Crippen molar-refractivity contribution < 1.29 is 22.7 Å². The van der Waals surface area contributed by atoms with Crippen LogP contribution in [0.15, 0.2) is 47.4 Å². The zero-order valence-electron chi connectivity index (χ0n) is 17.2. The largest absolute Gasteiger partial charge is 0.496 e. The molecule has 0 radical (unpaired) electrons. The molecule has 0 aliphatic carbocycles. The number of aryl methyl sites for hydroxylation is 1. The monoisotopic (exact) mass is 420 g/mol. The minimum absolute atomic E-state index is 0.170. The van der Waals surface area contributed by atoms with E-state index in [-0.39, 0.29) is 23.3 Å². The van der Waals surface area contributed by atoms with Gasteiger partial charge in [-0.3, -0.25) is 4.79 Å². The summed E-state index contributed by atoms with van der Waals surface area (Å²) in [6.07, 6.45) is 0. The van der Waals surface area contributed by atoms with Gasteiger partial charge in [-0.2, -0.15) is 0 Å². The van der Waals surface area contributed by atoms with E-state index in [9.17, 15) is 13.2 Å². The summed E-state index contributed by atoms with van der Waals surface area (Å²) in [5.74, 6) is 1.08. The number of carbonyl (C=O) groups is 1. The molecule has 2 aromatic carbocycles. The molecule has 0 unspecified atom stereocenters. The molecular formula is C21H28N2O5S. The van der Waals surface area contributed by atoms with Crippen molar-refractivity contribution >= 4 is 15.9 Å². The fraction of sp³-hybridized carbons (Fsp3) is 0.381. The number of carbonyl (C=O) groups excluding carboxylic acids is 1. The lowest BCUT2D eigenvalue weighted by Gasteiger charge is -2.13. The molecule has 29 heavy (non-hydrogen) atoms. The molecule has 0 heterocycles. The smallest absolute Gasteiger partial charge is 0.258 e. The van der Waals surface area contributed by atoms with Gasteiger partial charge in [-0.1, -0.05) is 32.0 Å².